The molecule has 6 heteroatoms. The number of hydrogen-bond acceptors (Lipinski definition) is 4. The molecule has 3 rings (SSSR count). The van der Waals surface area contributed by atoms with Gasteiger partial charge in [0, 0.05) is 31.4 Å². The van der Waals surface area contributed by atoms with Crippen molar-refractivity contribution in [3.05, 3.63) is 29.8 Å². The van der Waals surface area contributed by atoms with Crippen molar-refractivity contribution >= 4 is 17.6 Å². The molecule has 136 valence electrons. The predicted octanol–water partition coefficient (Wildman–Crippen LogP) is 2.10. The normalized spacial score (nSPS) is 18.3. The third kappa shape index (κ3) is 4.72. The number of imide groups is 1. The summed E-state index contributed by atoms with van der Waals surface area (Å²) in [5, 5.41) is 5.22. The van der Waals surface area contributed by atoms with Crippen molar-refractivity contribution in [1.29, 1.82) is 0 Å². The van der Waals surface area contributed by atoms with E-state index < -0.39 is 0 Å². The number of para-hydroxylation sites is 1. The molecule has 1 aliphatic heterocycles. The molecule has 0 bridgehead atoms. The minimum atomic E-state index is -0.384. The van der Waals surface area contributed by atoms with Gasteiger partial charge in [-0.05, 0) is 51.3 Å². The molecule has 1 saturated carbocycles. The van der Waals surface area contributed by atoms with Gasteiger partial charge in [0.05, 0.1) is 6.04 Å². The van der Waals surface area contributed by atoms with E-state index in [-0.39, 0.29) is 24.0 Å². The standard InChI is InChI=1S/C19H28N4O2/c1-14(18(24)21-19(25)20-16-9-10-16)22(2)13-15-7-3-4-8-17(15)23-11-5-6-12-23/h3-4,7-8,14,16H,5-6,9-13H2,1-2H3,(H2,20,21,24,25)/t14-/m0/s1. The maximum Gasteiger partial charge on any atom is 0.321 e. The minimum absolute atomic E-state index is 0.244. The number of anilines is 1. The summed E-state index contributed by atoms with van der Waals surface area (Å²) >= 11 is 0. The van der Waals surface area contributed by atoms with E-state index in [9.17, 15) is 9.59 Å². The fourth-order valence-electron chi connectivity index (χ4n) is 3.18. The van der Waals surface area contributed by atoms with Crippen molar-refractivity contribution in [3.63, 3.8) is 0 Å². The summed E-state index contributed by atoms with van der Waals surface area (Å²) in [4.78, 5) is 28.4. The first kappa shape index (κ1) is 17.7. The zero-order valence-corrected chi connectivity index (χ0v) is 15.1. The van der Waals surface area contributed by atoms with Gasteiger partial charge in [0.1, 0.15) is 0 Å². The van der Waals surface area contributed by atoms with Gasteiger partial charge in [0.2, 0.25) is 5.91 Å². The van der Waals surface area contributed by atoms with Gasteiger partial charge >= 0.3 is 6.03 Å². The predicted molar refractivity (Wildman–Crippen MR) is 98.5 cm³/mol. The summed E-state index contributed by atoms with van der Waals surface area (Å²) in [5.74, 6) is -0.265. The Kier molecular flexibility index (Phi) is 5.58. The summed E-state index contributed by atoms with van der Waals surface area (Å²) in [6.45, 7) is 4.69. The van der Waals surface area contributed by atoms with Crippen molar-refractivity contribution in [2.45, 2.75) is 51.2 Å². The van der Waals surface area contributed by atoms with E-state index in [4.69, 9.17) is 0 Å². The molecule has 2 fully saturated rings. The van der Waals surface area contributed by atoms with Crippen LogP contribution in [0.4, 0.5) is 10.5 Å². The zero-order valence-electron chi connectivity index (χ0n) is 15.1. The number of amides is 3. The molecule has 1 atom stereocenters. The van der Waals surface area contributed by atoms with E-state index >= 15 is 0 Å². The molecule has 1 saturated heterocycles. The summed E-state index contributed by atoms with van der Waals surface area (Å²) in [6, 6.07) is 7.86. The van der Waals surface area contributed by atoms with Crippen molar-refractivity contribution < 1.29 is 9.59 Å². The molecule has 25 heavy (non-hydrogen) atoms. The third-order valence-corrected chi connectivity index (χ3v) is 5.05. The second-order valence-corrected chi connectivity index (χ2v) is 7.15. The highest BCUT2D eigenvalue weighted by Gasteiger charge is 2.26. The van der Waals surface area contributed by atoms with Crippen LogP contribution in [0.2, 0.25) is 0 Å². The number of benzene rings is 1. The quantitative estimate of drug-likeness (QED) is 0.829. The number of carbonyl (C=O) groups excluding carboxylic acids is 2. The molecular formula is C19H28N4O2. The molecular weight excluding hydrogens is 316 g/mol. The van der Waals surface area contributed by atoms with Gasteiger partial charge < -0.3 is 10.2 Å². The Hall–Kier alpha value is -2.08. The van der Waals surface area contributed by atoms with Crippen LogP contribution in [-0.4, -0.2) is 49.1 Å². The minimum Gasteiger partial charge on any atom is -0.371 e. The average Bonchev–Trinajstić information content (AvgIpc) is 3.23. The molecule has 1 aromatic carbocycles. The Balaban J connectivity index is 1.58. The Morgan fingerprint density at radius 1 is 1.24 bits per heavy atom. The number of hydrogen-bond donors (Lipinski definition) is 2. The smallest absolute Gasteiger partial charge is 0.321 e. The Morgan fingerprint density at radius 3 is 2.60 bits per heavy atom. The van der Waals surface area contributed by atoms with Crippen molar-refractivity contribution in [3.8, 4) is 0 Å². The second kappa shape index (κ2) is 7.87. The SMILES string of the molecule is C[C@@H](C(=O)NC(=O)NC1CC1)N(C)Cc1ccccc1N1CCCC1. The van der Waals surface area contributed by atoms with Crippen LogP contribution >= 0.6 is 0 Å². The molecule has 0 aromatic heterocycles. The van der Waals surface area contributed by atoms with E-state index in [0.717, 1.165) is 25.9 Å². The largest absolute Gasteiger partial charge is 0.371 e. The van der Waals surface area contributed by atoms with Crippen LogP contribution in [0, 0.1) is 0 Å². The highest BCUT2D eigenvalue weighted by Crippen LogP contribution is 2.25. The van der Waals surface area contributed by atoms with Crippen LogP contribution in [0.15, 0.2) is 24.3 Å². The molecule has 1 heterocycles. The molecule has 2 aliphatic rings. The van der Waals surface area contributed by atoms with Gasteiger partial charge in [-0.25, -0.2) is 4.79 Å². The molecule has 1 aromatic rings. The Morgan fingerprint density at radius 2 is 1.92 bits per heavy atom. The first-order valence-electron chi connectivity index (χ1n) is 9.19. The van der Waals surface area contributed by atoms with Gasteiger partial charge in [-0.2, -0.15) is 0 Å². The van der Waals surface area contributed by atoms with E-state index in [1.807, 2.05) is 24.9 Å². The van der Waals surface area contributed by atoms with E-state index in [0.29, 0.717) is 6.54 Å². The first-order valence-corrected chi connectivity index (χ1v) is 9.19. The molecule has 0 unspecified atom stereocenters. The van der Waals surface area contributed by atoms with Crippen molar-refractivity contribution in [1.82, 2.24) is 15.5 Å². The zero-order chi connectivity index (χ0) is 17.8. The average molecular weight is 344 g/mol. The van der Waals surface area contributed by atoms with E-state index in [1.165, 1.54) is 24.1 Å². The maximum absolute atomic E-state index is 12.3. The maximum atomic E-state index is 12.3. The molecule has 2 N–H and O–H groups in total. The number of urea groups is 1. The number of rotatable bonds is 6. The van der Waals surface area contributed by atoms with E-state index in [2.05, 4.69) is 33.7 Å². The van der Waals surface area contributed by atoms with Gasteiger partial charge in [-0.15, -0.1) is 0 Å². The number of nitrogens with zero attached hydrogens (tertiary/aromatic N) is 2. The topological polar surface area (TPSA) is 64.7 Å². The number of nitrogens with one attached hydrogen (secondary N) is 2. The van der Waals surface area contributed by atoms with Gasteiger partial charge in [0.25, 0.3) is 0 Å². The van der Waals surface area contributed by atoms with E-state index in [1.54, 1.807) is 0 Å². The van der Waals surface area contributed by atoms with Crippen LogP contribution in [0.25, 0.3) is 0 Å². The second-order valence-electron chi connectivity index (χ2n) is 7.15. The van der Waals surface area contributed by atoms with Crippen LogP contribution in [0.1, 0.15) is 38.2 Å². The molecule has 6 nitrogen and oxygen atoms in total. The van der Waals surface area contributed by atoms with Crippen LogP contribution in [0.3, 0.4) is 0 Å². The summed E-state index contributed by atoms with van der Waals surface area (Å²) < 4.78 is 0. The lowest BCUT2D eigenvalue weighted by Crippen LogP contribution is -2.48. The molecule has 0 radical (unpaired) electrons. The molecule has 3 amide bonds. The number of carbonyl (C=O) groups is 2. The van der Waals surface area contributed by atoms with Crippen LogP contribution in [0.5, 0.6) is 0 Å². The monoisotopic (exact) mass is 344 g/mol. The van der Waals surface area contributed by atoms with Gasteiger partial charge in [-0.3, -0.25) is 15.0 Å². The van der Waals surface area contributed by atoms with Crippen LogP contribution in [-0.2, 0) is 11.3 Å². The van der Waals surface area contributed by atoms with Gasteiger partial charge in [-0.1, -0.05) is 18.2 Å². The van der Waals surface area contributed by atoms with Crippen molar-refractivity contribution in [2.24, 2.45) is 0 Å². The third-order valence-electron chi connectivity index (χ3n) is 5.05. The highest BCUT2D eigenvalue weighted by molar-refractivity contribution is 5.96. The lowest BCUT2D eigenvalue weighted by Gasteiger charge is -2.27. The Labute approximate surface area is 149 Å². The first-order chi connectivity index (χ1) is 12.0. The fraction of sp³-hybridized carbons (Fsp3) is 0.579. The Bertz CT molecular complexity index is 624. The highest BCUT2D eigenvalue weighted by atomic mass is 16.2. The summed E-state index contributed by atoms with van der Waals surface area (Å²) in [7, 11) is 1.92. The van der Waals surface area contributed by atoms with Crippen molar-refractivity contribution in [2.75, 3.05) is 25.0 Å². The lowest BCUT2D eigenvalue weighted by atomic mass is 10.1. The fourth-order valence-corrected chi connectivity index (χ4v) is 3.18. The number of likely N-dealkylation sites (N-methyl/N-ethyl adjacent to an activating group) is 1. The summed E-state index contributed by atoms with van der Waals surface area (Å²) in [6.07, 6.45) is 4.48. The molecule has 1 aliphatic carbocycles. The summed E-state index contributed by atoms with van der Waals surface area (Å²) in [5.41, 5.74) is 2.47. The lowest BCUT2D eigenvalue weighted by molar-refractivity contribution is -0.124. The van der Waals surface area contributed by atoms with Crippen LogP contribution < -0.4 is 15.5 Å². The molecule has 0 spiro atoms. The van der Waals surface area contributed by atoms with Gasteiger partial charge in [0.15, 0.2) is 0 Å².